The molecule has 2 aliphatic rings. The van der Waals surface area contributed by atoms with E-state index in [4.69, 9.17) is 38.5 Å². The van der Waals surface area contributed by atoms with E-state index in [-0.39, 0.29) is 36.6 Å². The first kappa shape index (κ1) is 38.0. The summed E-state index contributed by atoms with van der Waals surface area (Å²) in [6, 6.07) is 9.09. The average molecular weight is 732 g/mol. The Bertz CT molecular complexity index is 1810. The van der Waals surface area contributed by atoms with Crippen LogP contribution in [0.3, 0.4) is 0 Å². The first-order valence-electron chi connectivity index (χ1n) is 16.9. The largest absolute Gasteiger partial charge is 0.509 e. The van der Waals surface area contributed by atoms with Crippen molar-refractivity contribution >= 4 is 37.2 Å². The van der Waals surface area contributed by atoms with E-state index in [1.807, 2.05) is 32.9 Å². The van der Waals surface area contributed by atoms with Crippen molar-refractivity contribution < 1.29 is 51.7 Å². The summed E-state index contributed by atoms with van der Waals surface area (Å²) in [7, 11) is -4.55. The second kappa shape index (κ2) is 14.4. The highest BCUT2D eigenvalue weighted by atomic mass is 31.2. The third kappa shape index (κ3) is 7.41. The average Bonchev–Trinajstić information content (AvgIpc) is 3.32. The van der Waals surface area contributed by atoms with Gasteiger partial charge in [0.1, 0.15) is 41.4 Å². The van der Waals surface area contributed by atoms with Crippen molar-refractivity contribution in [2.75, 3.05) is 18.9 Å². The Morgan fingerprint density at radius 3 is 2.39 bits per heavy atom. The van der Waals surface area contributed by atoms with Gasteiger partial charge >= 0.3 is 25.8 Å². The molecule has 0 spiro atoms. The van der Waals surface area contributed by atoms with Crippen LogP contribution in [0.25, 0.3) is 5.52 Å². The zero-order chi connectivity index (χ0) is 37.4. The van der Waals surface area contributed by atoms with Crippen molar-refractivity contribution in [2.24, 2.45) is 0 Å². The van der Waals surface area contributed by atoms with E-state index in [2.05, 4.69) is 15.2 Å². The second-order valence-corrected chi connectivity index (χ2v) is 15.2. The number of ether oxygens (including phenoxy) is 5. The van der Waals surface area contributed by atoms with Crippen LogP contribution < -0.4 is 15.3 Å². The smallest absolute Gasteiger partial charge is 0.465 e. The van der Waals surface area contributed by atoms with E-state index >= 15 is 0 Å². The molecule has 2 fully saturated rings. The number of hydrogen-bond donors (Lipinski definition) is 2. The molecule has 0 bridgehead atoms. The summed E-state index contributed by atoms with van der Waals surface area (Å²) in [6.07, 6.45) is -3.25. The third-order valence-electron chi connectivity index (χ3n) is 8.74. The minimum atomic E-state index is -4.55. The predicted octanol–water partition coefficient (Wildman–Crippen LogP) is 4.97. The van der Waals surface area contributed by atoms with Gasteiger partial charge < -0.3 is 33.9 Å². The SMILES string of the molecule is CCCC(=O)O[C@@H]1[C@@]2(OC(=O)OCC)C(OP(=O)(N[C@@H](C)C(=O)OCC)Oc3ccc(C(C)(C)C)cc3)[C@H]2O[C@@]1(C)c1ccc2c(N)ncnn12. The highest BCUT2D eigenvalue weighted by Crippen LogP contribution is 2.66. The zero-order valence-electron chi connectivity index (χ0n) is 30.0. The van der Waals surface area contributed by atoms with E-state index in [9.17, 15) is 18.9 Å². The van der Waals surface area contributed by atoms with Gasteiger partial charge in [-0.3, -0.25) is 14.1 Å². The quantitative estimate of drug-likeness (QED) is 0.128. The molecular weight excluding hydrogens is 685 g/mol. The van der Waals surface area contributed by atoms with E-state index in [1.54, 1.807) is 52.0 Å². The van der Waals surface area contributed by atoms with Crippen LogP contribution in [0.5, 0.6) is 5.75 Å². The number of esters is 2. The molecule has 1 saturated carbocycles. The van der Waals surface area contributed by atoms with Gasteiger partial charge in [0.05, 0.1) is 18.9 Å². The molecule has 7 atom stereocenters. The van der Waals surface area contributed by atoms with Gasteiger partial charge in [0.25, 0.3) is 0 Å². The number of benzene rings is 1. The van der Waals surface area contributed by atoms with Gasteiger partial charge in [-0.15, -0.1) is 0 Å². The summed E-state index contributed by atoms with van der Waals surface area (Å²) in [5.41, 5.74) is 4.36. The van der Waals surface area contributed by atoms with Crippen LogP contribution in [-0.2, 0) is 53.4 Å². The number of nitrogens with zero attached hydrogens (tertiary/aromatic N) is 3. The lowest BCUT2D eigenvalue weighted by Crippen LogP contribution is -2.51. The van der Waals surface area contributed by atoms with Crippen LogP contribution in [0.4, 0.5) is 10.6 Å². The van der Waals surface area contributed by atoms with Crippen LogP contribution in [0.15, 0.2) is 42.7 Å². The third-order valence-corrected chi connectivity index (χ3v) is 10.4. The zero-order valence-corrected chi connectivity index (χ0v) is 30.9. The molecule has 5 rings (SSSR count). The van der Waals surface area contributed by atoms with Gasteiger partial charge in [-0.1, -0.05) is 39.8 Å². The maximum Gasteiger partial charge on any atom is 0.509 e. The summed E-state index contributed by atoms with van der Waals surface area (Å²) in [5.74, 6) is -0.970. The van der Waals surface area contributed by atoms with Gasteiger partial charge in [-0.2, -0.15) is 10.2 Å². The molecule has 1 saturated heterocycles. The topological polar surface area (TPSA) is 201 Å². The molecule has 278 valence electrons. The summed E-state index contributed by atoms with van der Waals surface area (Å²) >= 11 is 0. The number of hydrogen-bond acceptors (Lipinski definition) is 14. The maximum atomic E-state index is 14.7. The van der Waals surface area contributed by atoms with E-state index in [0.29, 0.717) is 17.6 Å². The Morgan fingerprint density at radius 2 is 1.76 bits per heavy atom. The molecule has 2 unspecified atom stereocenters. The highest BCUT2D eigenvalue weighted by Gasteiger charge is 2.87. The summed E-state index contributed by atoms with van der Waals surface area (Å²) in [6.45, 7) is 14.3. The van der Waals surface area contributed by atoms with Gasteiger partial charge in [0.15, 0.2) is 11.9 Å². The van der Waals surface area contributed by atoms with E-state index in [0.717, 1.165) is 5.56 Å². The summed E-state index contributed by atoms with van der Waals surface area (Å²) in [4.78, 5) is 43.0. The van der Waals surface area contributed by atoms with Crippen molar-refractivity contribution in [2.45, 2.75) is 109 Å². The minimum Gasteiger partial charge on any atom is -0.465 e. The van der Waals surface area contributed by atoms with Gasteiger partial charge in [-0.05, 0) is 69.4 Å². The fourth-order valence-electron chi connectivity index (χ4n) is 6.19. The van der Waals surface area contributed by atoms with Crippen molar-refractivity contribution in [1.82, 2.24) is 19.7 Å². The Labute approximate surface area is 296 Å². The normalized spacial score (nSPS) is 25.7. The molecule has 1 aromatic carbocycles. The van der Waals surface area contributed by atoms with Crippen molar-refractivity contribution in [3.05, 3.63) is 54.0 Å². The number of fused-ring (bicyclic) bond motifs is 2. The number of nitrogen functional groups attached to an aromatic ring is 1. The molecule has 51 heavy (non-hydrogen) atoms. The Kier molecular flexibility index (Phi) is 10.7. The van der Waals surface area contributed by atoms with Crippen molar-refractivity contribution in [3.63, 3.8) is 0 Å². The number of aromatic nitrogens is 3. The predicted molar refractivity (Wildman–Crippen MR) is 183 cm³/mol. The Morgan fingerprint density at radius 1 is 1.08 bits per heavy atom. The molecule has 0 radical (unpaired) electrons. The molecular formula is C34H46N5O11P. The van der Waals surface area contributed by atoms with Crippen LogP contribution in [0.1, 0.15) is 79.5 Å². The molecule has 3 N–H and O–H groups in total. The molecule has 0 amide bonds. The van der Waals surface area contributed by atoms with Crippen LogP contribution in [0.2, 0.25) is 0 Å². The molecule has 17 heteroatoms. The number of nitrogens with two attached hydrogens (primary N) is 1. The lowest BCUT2D eigenvalue weighted by atomic mass is 9.87. The monoisotopic (exact) mass is 731 g/mol. The lowest BCUT2D eigenvalue weighted by molar-refractivity contribution is -0.180. The van der Waals surface area contributed by atoms with Gasteiger partial charge in [0, 0.05) is 6.42 Å². The van der Waals surface area contributed by atoms with Crippen LogP contribution in [0, 0.1) is 0 Å². The molecule has 3 aromatic rings. The molecule has 16 nitrogen and oxygen atoms in total. The van der Waals surface area contributed by atoms with Crippen LogP contribution >= 0.6 is 7.75 Å². The fraction of sp³-hybridized carbons (Fsp3) is 0.559. The molecule has 3 heterocycles. The Balaban J connectivity index is 1.57. The van der Waals surface area contributed by atoms with E-state index < -0.39 is 61.4 Å². The molecule has 2 aromatic heterocycles. The Hall–Kier alpha value is -4.24. The van der Waals surface area contributed by atoms with Gasteiger partial charge in [0.2, 0.25) is 5.60 Å². The van der Waals surface area contributed by atoms with Gasteiger partial charge in [-0.25, -0.2) is 18.9 Å². The van der Waals surface area contributed by atoms with E-state index in [1.165, 1.54) is 17.8 Å². The number of carbonyl (C=O) groups excluding carboxylic acids is 3. The number of nitrogens with one attached hydrogen (secondary N) is 1. The second-order valence-electron chi connectivity index (χ2n) is 13.6. The first-order chi connectivity index (χ1) is 24.0. The molecule has 1 aliphatic heterocycles. The maximum absolute atomic E-state index is 14.7. The number of rotatable bonds is 14. The lowest BCUT2D eigenvalue weighted by Gasteiger charge is -2.36. The first-order valence-corrected chi connectivity index (χ1v) is 18.4. The van der Waals surface area contributed by atoms with Crippen LogP contribution in [-0.4, -0.2) is 75.9 Å². The minimum absolute atomic E-state index is 0.0339. The van der Waals surface area contributed by atoms with Crippen molar-refractivity contribution in [1.29, 1.82) is 0 Å². The number of carbonyl (C=O) groups is 3. The molecule has 1 aliphatic carbocycles. The standard InChI is InChI=1S/C34H46N5O11P/c1-9-12-25(40)46-30-33(8,24-18-17-23-28(35)36-19-37-39(23)24)47-26-27(34(26,30)48-31(42)45-11-3)50-51(43,38-20(4)29(41)44-10-2)49-22-15-13-21(14-16-22)32(5,6)7/h13-20,26-27,30H,9-12H2,1-8H3,(H,38,43)(H2,35,36,37)/t20-,26+,27?,30-,33-,34-,51?/m0/s1. The fourth-order valence-corrected chi connectivity index (χ4v) is 7.90. The number of anilines is 1. The summed E-state index contributed by atoms with van der Waals surface area (Å²) in [5, 5.41) is 6.98. The highest BCUT2D eigenvalue weighted by molar-refractivity contribution is 7.52. The van der Waals surface area contributed by atoms with Crippen molar-refractivity contribution in [3.8, 4) is 5.75 Å². The summed E-state index contributed by atoms with van der Waals surface area (Å²) < 4.78 is 57.2.